The van der Waals surface area contributed by atoms with E-state index in [0.717, 1.165) is 22.3 Å². The highest BCUT2D eigenvalue weighted by Crippen LogP contribution is 2.41. The van der Waals surface area contributed by atoms with E-state index in [9.17, 15) is 0 Å². The van der Waals surface area contributed by atoms with Crippen LogP contribution in [0.25, 0.3) is 0 Å². The third-order valence-electron chi connectivity index (χ3n) is 6.46. The smallest absolute Gasteiger partial charge is 0.129 e. The highest BCUT2D eigenvalue weighted by molar-refractivity contribution is 6.42. The molecular formula is C28H29Cl4F. The SMILES string of the molecule is CC(C)c1cc(F)c(C(C)(C)c2ccc(CC(C)(C)c3ccc(Cl)c(Cl)c3)c(Cl)c2)c(Cl)c1. The standard InChI is InChI=1S/C28H29Cl4F/c1-16(2)18-11-24(32)26(25(33)12-18)28(5,6)20-8-7-17(22(30)14-20)15-27(3,4)19-9-10-21(29)23(31)13-19/h7-14,16H,15H2,1-6H3. The molecule has 0 spiro atoms. The summed E-state index contributed by atoms with van der Waals surface area (Å²) in [4.78, 5) is 0. The summed E-state index contributed by atoms with van der Waals surface area (Å²) in [5.74, 6) is -0.0982. The first-order chi connectivity index (χ1) is 15.2. The quantitative estimate of drug-likeness (QED) is 0.300. The van der Waals surface area contributed by atoms with E-state index in [2.05, 4.69) is 13.8 Å². The van der Waals surface area contributed by atoms with Crippen molar-refractivity contribution in [1.82, 2.24) is 0 Å². The zero-order valence-corrected chi connectivity index (χ0v) is 22.8. The van der Waals surface area contributed by atoms with Crippen molar-refractivity contribution in [1.29, 1.82) is 0 Å². The number of hydrogen-bond donors (Lipinski definition) is 0. The van der Waals surface area contributed by atoms with Crippen molar-refractivity contribution in [3.05, 3.63) is 102 Å². The van der Waals surface area contributed by atoms with E-state index in [4.69, 9.17) is 46.4 Å². The van der Waals surface area contributed by atoms with Crippen LogP contribution < -0.4 is 0 Å². The molecule has 0 aliphatic carbocycles. The van der Waals surface area contributed by atoms with Gasteiger partial charge >= 0.3 is 0 Å². The molecule has 0 nitrogen and oxygen atoms in total. The fourth-order valence-electron chi connectivity index (χ4n) is 4.24. The first-order valence-corrected chi connectivity index (χ1v) is 12.5. The van der Waals surface area contributed by atoms with E-state index in [1.807, 2.05) is 70.2 Å². The van der Waals surface area contributed by atoms with Crippen molar-refractivity contribution in [2.45, 2.75) is 64.7 Å². The molecule has 0 saturated heterocycles. The number of benzene rings is 3. The van der Waals surface area contributed by atoms with Crippen LogP contribution in [0, 0.1) is 5.82 Å². The molecule has 3 aromatic carbocycles. The Morgan fingerprint density at radius 3 is 1.88 bits per heavy atom. The van der Waals surface area contributed by atoms with Gasteiger partial charge in [-0.3, -0.25) is 0 Å². The summed E-state index contributed by atoms with van der Waals surface area (Å²) in [5.41, 5.74) is 3.49. The third kappa shape index (κ3) is 5.54. The first kappa shape index (κ1) is 26.4. The molecule has 176 valence electrons. The van der Waals surface area contributed by atoms with Crippen LogP contribution in [-0.2, 0) is 17.3 Å². The van der Waals surface area contributed by atoms with Crippen LogP contribution in [0.1, 0.15) is 75.3 Å². The average molecular weight is 526 g/mol. The molecule has 0 N–H and O–H groups in total. The number of rotatable bonds is 6. The van der Waals surface area contributed by atoms with E-state index < -0.39 is 5.41 Å². The fourth-order valence-corrected chi connectivity index (χ4v) is 5.24. The van der Waals surface area contributed by atoms with Gasteiger partial charge in [0.05, 0.1) is 10.0 Å². The lowest BCUT2D eigenvalue weighted by Crippen LogP contribution is -2.23. The lowest BCUT2D eigenvalue weighted by molar-refractivity contribution is 0.521. The van der Waals surface area contributed by atoms with E-state index in [1.54, 1.807) is 6.07 Å². The Balaban J connectivity index is 1.95. The Kier molecular flexibility index (Phi) is 7.81. The molecule has 0 aromatic heterocycles. The van der Waals surface area contributed by atoms with Crippen molar-refractivity contribution < 1.29 is 4.39 Å². The van der Waals surface area contributed by atoms with Gasteiger partial charge in [0.2, 0.25) is 0 Å². The Morgan fingerprint density at radius 1 is 0.727 bits per heavy atom. The number of hydrogen-bond acceptors (Lipinski definition) is 0. The Labute approximate surface area is 217 Å². The van der Waals surface area contributed by atoms with Crippen molar-refractivity contribution in [2.75, 3.05) is 0 Å². The molecule has 0 aliphatic heterocycles. The molecule has 0 saturated carbocycles. The largest absolute Gasteiger partial charge is 0.207 e. The van der Waals surface area contributed by atoms with Crippen LogP contribution >= 0.6 is 46.4 Å². The van der Waals surface area contributed by atoms with Gasteiger partial charge in [-0.1, -0.05) is 106 Å². The molecule has 3 rings (SSSR count). The summed E-state index contributed by atoms with van der Waals surface area (Å²) >= 11 is 25.6. The van der Waals surface area contributed by atoms with Crippen molar-refractivity contribution >= 4 is 46.4 Å². The van der Waals surface area contributed by atoms with Crippen molar-refractivity contribution in [3.63, 3.8) is 0 Å². The lowest BCUT2D eigenvalue weighted by atomic mass is 9.75. The fraction of sp³-hybridized carbons (Fsp3) is 0.357. The summed E-state index contributed by atoms with van der Waals surface area (Å²) in [6.07, 6.45) is 0.711. The maximum Gasteiger partial charge on any atom is 0.129 e. The van der Waals surface area contributed by atoms with Crippen molar-refractivity contribution in [3.8, 4) is 0 Å². The summed E-state index contributed by atoms with van der Waals surface area (Å²) < 4.78 is 15.2. The average Bonchev–Trinajstić information content (AvgIpc) is 2.70. The van der Waals surface area contributed by atoms with Gasteiger partial charge in [-0.2, -0.15) is 0 Å². The topological polar surface area (TPSA) is 0 Å². The van der Waals surface area contributed by atoms with Gasteiger partial charge < -0.3 is 0 Å². The predicted molar refractivity (Wildman–Crippen MR) is 142 cm³/mol. The summed E-state index contributed by atoms with van der Waals surface area (Å²) in [5, 5.41) is 2.15. The molecule has 0 fully saturated rings. The van der Waals surface area contributed by atoms with E-state index in [-0.39, 0.29) is 17.2 Å². The van der Waals surface area contributed by atoms with Gasteiger partial charge in [-0.15, -0.1) is 0 Å². The van der Waals surface area contributed by atoms with Gasteiger partial charge in [0.25, 0.3) is 0 Å². The molecule has 0 bridgehead atoms. The van der Waals surface area contributed by atoms with Crippen LogP contribution in [0.15, 0.2) is 48.5 Å². The second-order valence-corrected chi connectivity index (χ2v) is 11.8. The zero-order valence-electron chi connectivity index (χ0n) is 19.8. The second-order valence-electron chi connectivity index (χ2n) is 10.1. The second kappa shape index (κ2) is 9.78. The third-order valence-corrected chi connectivity index (χ3v) is 7.85. The Bertz CT molecular complexity index is 1160. The Hall–Kier alpha value is -1.25. The summed E-state index contributed by atoms with van der Waals surface area (Å²) in [7, 11) is 0. The highest BCUT2D eigenvalue weighted by atomic mass is 35.5. The molecule has 33 heavy (non-hydrogen) atoms. The molecule has 0 heterocycles. The molecule has 0 atom stereocenters. The van der Waals surface area contributed by atoms with E-state index in [1.165, 1.54) is 0 Å². The molecule has 5 heteroatoms. The van der Waals surface area contributed by atoms with Gasteiger partial charge in [0.15, 0.2) is 0 Å². The minimum atomic E-state index is -0.655. The van der Waals surface area contributed by atoms with Gasteiger partial charge in [-0.05, 0) is 70.3 Å². The summed E-state index contributed by atoms with van der Waals surface area (Å²) in [6.45, 7) is 12.3. The molecule has 0 aliphatic rings. The molecule has 0 radical (unpaired) electrons. The first-order valence-electron chi connectivity index (χ1n) is 11.0. The Morgan fingerprint density at radius 2 is 1.33 bits per heavy atom. The van der Waals surface area contributed by atoms with Crippen LogP contribution in [0.4, 0.5) is 4.39 Å². The zero-order chi connectivity index (χ0) is 24.7. The minimum absolute atomic E-state index is 0.196. The molecule has 3 aromatic rings. The van der Waals surface area contributed by atoms with E-state index in [0.29, 0.717) is 32.1 Å². The normalized spacial score (nSPS) is 12.5. The monoisotopic (exact) mass is 524 g/mol. The molecule has 0 unspecified atom stereocenters. The minimum Gasteiger partial charge on any atom is -0.207 e. The van der Waals surface area contributed by atoms with Gasteiger partial charge in [-0.25, -0.2) is 4.39 Å². The van der Waals surface area contributed by atoms with E-state index >= 15 is 4.39 Å². The van der Waals surface area contributed by atoms with Crippen LogP contribution in [0.3, 0.4) is 0 Å². The summed E-state index contributed by atoms with van der Waals surface area (Å²) in [6, 6.07) is 15.1. The maximum absolute atomic E-state index is 15.2. The van der Waals surface area contributed by atoms with Gasteiger partial charge in [0, 0.05) is 21.0 Å². The van der Waals surface area contributed by atoms with Crippen molar-refractivity contribution in [2.24, 2.45) is 0 Å². The highest BCUT2D eigenvalue weighted by Gasteiger charge is 2.31. The maximum atomic E-state index is 15.2. The van der Waals surface area contributed by atoms with Crippen LogP contribution in [0.2, 0.25) is 20.1 Å². The lowest BCUT2D eigenvalue weighted by Gasteiger charge is -2.30. The van der Waals surface area contributed by atoms with Crippen LogP contribution in [-0.4, -0.2) is 0 Å². The molecule has 0 amide bonds. The molecular weight excluding hydrogens is 497 g/mol. The van der Waals surface area contributed by atoms with Gasteiger partial charge in [0.1, 0.15) is 5.82 Å². The number of halogens is 5. The predicted octanol–water partition coefficient (Wildman–Crippen LogP) is 10.4. The van der Waals surface area contributed by atoms with Crippen LogP contribution in [0.5, 0.6) is 0 Å².